The number of carbonyl (C=O) groups excluding carboxylic acids is 2. The summed E-state index contributed by atoms with van der Waals surface area (Å²) in [5.74, 6) is -1.01. The van der Waals surface area contributed by atoms with Gasteiger partial charge in [0.05, 0.1) is 44.0 Å². The van der Waals surface area contributed by atoms with Crippen molar-refractivity contribution < 1.29 is 19.4 Å². The van der Waals surface area contributed by atoms with Crippen molar-refractivity contribution in [2.24, 2.45) is 0 Å². The third-order valence-electron chi connectivity index (χ3n) is 5.78. The molecule has 2 aromatic heterocycles. The highest BCUT2D eigenvalue weighted by Gasteiger charge is 2.46. The van der Waals surface area contributed by atoms with Crippen LogP contribution in [0.3, 0.4) is 0 Å². The smallest absolute Gasteiger partial charge is 0.296 e. The first-order valence-electron chi connectivity index (χ1n) is 11.3. The van der Waals surface area contributed by atoms with Crippen LogP contribution in [0.15, 0.2) is 53.8 Å². The molecular weight excluding hydrogens is 518 g/mol. The van der Waals surface area contributed by atoms with Gasteiger partial charge in [0.1, 0.15) is 5.75 Å². The number of ether oxygens (including phenoxy) is 1. The predicted molar refractivity (Wildman–Crippen MR) is 143 cm³/mol. The van der Waals surface area contributed by atoms with Crippen LogP contribution in [-0.2, 0) is 4.79 Å². The predicted octanol–water partition coefficient (Wildman–Crippen LogP) is 6.59. The second-order valence-corrected chi connectivity index (χ2v) is 11.0. The highest BCUT2D eigenvalue weighted by molar-refractivity contribution is 7.22. The maximum atomic E-state index is 13.7. The van der Waals surface area contributed by atoms with E-state index in [-0.39, 0.29) is 5.57 Å². The van der Waals surface area contributed by atoms with Crippen LogP contribution in [-0.4, -0.2) is 33.4 Å². The Hall–Kier alpha value is -3.27. The van der Waals surface area contributed by atoms with E-state index in [4.69, 9.17) is 16.3 Å². The second-order valence-electron chi connectivity index (χ2n) is 8.34. The fourth-order valence-electron chi connectivity index (χ4n) is 4.17. The molecule has 2 aromatic carbocycles. The number of anilines is 1. The van der Waals surface area contributed by atoms with Crippen molar-refractivity contribution in [3.63, 3.8) is 0 Å². The highest BCUT2D eigenvalue weighted by Crippen LogP contribution is 2.45. The summed E-state index contributed by atoms with van der Waals surface area (Å²) < 4.78 is 6.49. The topological polar surface area (TPSA) is 92.6 Å². The number of ketones is 1. The van der Waals surface area contributed by atoms with E-state index in [0.29, 0.717) is 44.2 Å². The zero-order chi connectivity index (χ0) is 25.6. The first-order valence-corrected chi connectivity index (χ1v) is 13.3. The second kappa shape index (κ2) is 9.65. The number of hydrogen-bond acceptors (Lipinski definition) is 8. The third kappa shape index (κ3) is 4.27. The third-order valence-corrected chi connectivity index (χ3v) is 8.10. The summed E-state index contributed by atoms with van der Waals surface area (Å²) in [6.45, 7) is 6.16. The molecule has 3 heterocycles. The molecule has 5 rings (SSSR count). The number of fused-ring (bicyclic) bond motifs is 1. The van der Waals surface area contributed by atoms with Gasteiger partial charge < -0.3 is 9.84 Å². The number of nitrogens with zero attached hydrogens (tertiary/aromatic N) is 3. The van der Waals surface area contributed by atoms with Crippen LogP contribution in [0, 0.1) is 13.8 Å². The lowest BCUT2D eigenvalue weighted by Crippen LogP contribution is -2.31. The summed E-state index contributed by atoms with van der Waals surface area (Å²) in [6, 6.07) is 11.6. The van der Waals surface area contributed by atoms with Gasteiger partial charge in [0.2, 0.25) is 5.78 Å². The van der Waals surface area contributed by atoms with Crippen LogP contribution in [0.1, 0.15) is 45.3 Å². The first-order chi connectivity index (χ1) is 17.3. The molecule has 10 heteroatoms. The molecule has 1 N–H and O–H groups in total. The van der Waals surface area contributed by atoms with Crippen LogP contribution in [0.4, 0.5) is 5.13 Å². The first kappa shape index (κ1) is 24.4. The molecule has 1 aliphatic heterocycles. The zero-order valence-corrected chi connectivity index (χ0v) is 22.1. The number of aliphatic hydroxyl groups is 1. The van der Waals surface area contributed by atoms with Crippen molar-refractivity contribution in [3.05, 3.63) is 80.0 Å². The lowest BCUT2D eigenvalue weighted by Gasteiger charge is -2.24. The molecule has 1 aliphatic rings. The summed E-state index contributed by atoms with van der Waals surface area (Å²) in [7, 11) is 0. The number of Topliss-reactive ketones (excluding diaryl/α,β-unsaturated/α-hetero) is 1. The number of aliphatic hydroxyl groups excluding tert-OH is 1. The minimum atomic E-state index is -0.872. The van der Waals surface area contributed by atoms with E-state index >= 15 is 0 Å². The minimum Gasteiger partial charge on any atom is -0.503 e. The number of benzene rings is 2. The molecular formula is C26H22ClN3O4S2. The molecule has 1 atom stereocenters. The quantitative estimate of drug-likeness (QED) is 0.266. The molecule has 184 valence electrons. The molecule has 0 bridgehead atoms. The van der Waals surface area contributed by atoms with Gasteiger partial charge in [-0.15, -0.1) is 11.3 Å². The van der Waals surface area contributed by atoms with E-state index in [2.05, 4.69) is 9.97 Å². The van der Waals surface area contributed by atoms with Gasteiger partial charge in [0.25, 0.3) is 5.91 Å². The maximum Gasteiger partial charge on any atom is 0.296 e. The van der Waals surface area contributed by atoms with Gasteiger partial charge in [-0.1, -0.05) is 42.0 Å². The van der Waals surface area contributed by atoms with Gasteiger partial charge in [-0.25, -0.2) is 9.97 Å². The van der Waals surface area contributed by atoms with E-state index in [1.54, 1.807) is 49.4 Å². The van der Waals surface area contributed by atoms with Gasteiger partial charge in [-0.05, 0) is 56.2 Å². The number of thiazole rings is 2. The molecule has 0 saturated heterocycles. The van der Waals surface area contributed by atoms with Crippen LogP contribution >= 0.6 is 34.3 Å². The number of halogens is 1. The average molecular weight is 540 g/mol. The number of rotatable bonds is 7. The van der Waals surface area contributed by atoms with Crippen molar-refractivity contribution in [1.82, 2.24) is 9.97 Å². The number of amides is 1. The summed E-state index contributed by atoms with van der Waals surface area (Å²) in [4.78, 5) is 37.9. The standard InChI is InChI=1S/C26H22ClN3O4S2/c1-4-11-34-17-8-5-15(6-9-17)21-20(22(31)24-13(2)28-14(3)35-24)23(32)25(33)30(21)26-29-18-10-7-16(27)12-19(18)36-26/h5-10,12,21,32H,4,11H2,1-3H3. The summed E-state index contributed by atoms with van der Waals surface area (Å²) in [5, 5.41) is 12.7. The Bertz CT molecular complexity index is 1520. The maximum absolute atomic E-state index is 13.7. The van der Waals surface area contributed by atoms with Crippen molar-refractivity contribution in [1.29, 1.82) is 0 Å². The summed E-state index contributed by atoms with van der Waals surface area (Å²) in [6.07, 6.45) is 0.872. The molecule has 1 amide bonds. The van der Waals surface area contributed by atoms with Gasteiger partial charge in [0, 0.05) is 5.02 Å². The van der Waals surface area contributed by atoms with Crippen LogP contribution < -0.4 is 9.64 Å². The molecule has 0 radical (unpaired) electrons. The lowest BCUT2D eigenvalue weighted by atomic mass is 9.95. The van der Waals surface area contributed by atoms with Crippen molar-refractivity contribution in [2.45, 2.75) is 33.2 Å². The summed E-state index contributed by atoms with van der Waals surface area (Å²) >= 11 is 8.66. The van der Waals surface area contributed by atoms with Gasteiger partial charge >= 0.3 is 0 Å². The molecule has 0 spiro atoms. The molecule has 7 nitrogen and oxygen atoms in total. The summed E-state index contributed by atoms with van der Waals surface area (Å²) in [5.41, 5.74) is 1.88. The monoisotopic (exact) mass is 539 g/mol. The van der Waals surface area contributed by atoms with Gasteiger partial charge in [-0.3, -0.25) is 14.5 Å². The number of aryl methyl sites for hydroxylation is 2. The van der Waals surface area contributed by atoms with E-state index in [1.165, 1.54) is 27.6 Å². The van der Waals surface area contributed by atoms with Crippen molar-refractivity contribution >= 4 is 61.3 Å². The fourth-order valence-corrected chi connectivity index (χ4v) is 6.31. The largest absolute Gasteiger partial charge is 0.503 e. The molecule has 4 aromatic rings. The van der Waals surface area contributed by atoms with Crippen LogP contribution in [0.2, 0.25) is 5.02 Å². The minimum absolute atomic E-state index is 0.00580. The Morgan fingerprint density at radius 1 is 1.14 bits per heavy atom. The van der Waals surface area contributed by atoms with Crippen LogP contribution in [0.5, 0.6) is 5.75 Å². The number of hydrogen-bond donors (Lipinski definition) is 1. The Morgan fingerprint density at radius 3 is 2.56 bits per heavy atom. The van der Waals surface area contributed by atoms with E-state index < -0.39 is 23.5 Å². The van der Waals surface area contributed by atoms with E-state index in [1.807, 2.05) is 13.8 Å². The van der Waals surface area contributed by atoms with Crippen molar-refractivity contribution in [3.8, 4) is 5.75 Å². The highest BCUT2D eigenvalue weighted by atomic mass is 35.5. The van der Waals surface area contributed by atoms with Crippen LogP contribution in [0.25, 0.3) is 10.2 Å². The van der Waals surface area contributed by atoms with Gasteiger partial charge in [0.15, 0.2) is 10.9 Å². The SMILES string of the molecule is CCCOc1ccc(C2C(C(=O)c3sc(C)nc3C)=C(O)C(=O)N2c2nc3ccc(Cl)cc3s2)cc1. The fraction of sp³-hybridized carbons (Fsp3) is 0.231. The van der Waals surface area contributed by atoms with Crippen molar-refractivity contribution in [2.75, 3.05) is 11.5 Å². The normalized spacial score (nSPS) is 15.8. The Balaban J connectivity index is 1.64. The zero-order valence-electron chi connectivity index (χ0n) is 19.7. The van der Waals surface area contributed by atoms with E-state index in [9.17, 15) is 14.7 Å². The Labute approximate surface area is 220 Å². The molecule has 36 heavy (non-hydrogen) atoms. The van der Waals surface area contributed by atoms with E-state index in [0.717, 1.165) is 16.1 Å². The van der Waals surface area contributed by atoms with Gasteiger partial charge in [-0.2, -0.15) is 0 Å². The molecule has 0 saturated carbocycles. The number of carbonyl (C=O) groups is 2. The average Bonchev–Trinajstić information content (AvgIpc) is 3.50. The Morgan fingerprint density at radius 2 is 1.89 bits per heavy atom. The lowest BCUT2D eigenvalue weighted by molar-refractivity contribution is -0.117. The molecule has 0 aliphatic carbocycles. The Kier molecular flexibility index (Phi) is 6.55. The number of aromatic nitrogens is 2. The molecule has 0 fully saturated rings. The molecule has 1 unspecified atom stereocenters.